The summed E-state index contributed by atoms with van der Waals surface area (Å²) in [7, 11) is 0. The number of phenols is 1. The van der Waals surface area contributed by atoms with Crippen molar-refractivity contribution in [3.05, 3.63) is 35.2 Å². The molecule has 0 bridgehead atoms. The summed E-state index contributed by atoms with van der Waals surface area (Å²) in [5, 5.41) is 29.3. The number of phenolic OH excluding ortho intramolecular Hbond substituents is 1. The first-order valence-electron chi connectivity index (χ1n) is 11.0. The van der Waals surface area contributed by atoms with E-state index in [4.69, 9.17) is 15.1 Å². The number of hydrogen-bond donors (Lipinski definition) is 3. The molecular formula is C21H29N9O4. The van der Waals surface area contributed by atoms with Crippen LogP contribution in [0.3, 0.4) is 0 Å². The molecule has 0 saturated carbocycles. The lowest BCUT2D eigenvalue weighted by atomic mass is 10.2. The van der Waals surface area contributed by atoms with Crippen LogP contribution in [-0.2, 0) is 6.54 Å². The van der Waals surface area contributed by atoms with Gasteiger partial charge in [-0.2, -0.15) is 9.78 Å². The Morgan fingerprint density at radius 1 is 1.29 bits per heavy atom. The molecule has 0 aliphatic heterocycles. The highest BCUT2D eigenvalue weighted by molar-refractivity contribution is 5.94. The molecule has 0 fully saturated rings. The Hall–Kier alpha value is -4.00. The molecule has 2 aromatic heterocycles. The van der Waals surface area contributed by atoms with Crippen molar-refractivity contribution in [2.24, 2.45) is 5.10 Å². The Morgan fingerprint density at radius 2 is 2.06 bits per heavy atom. The van der Waals surface area contributed by atoms with Gasteiger partial charge < -0.3 is 15.6 Å². The van der Waals surface area contributed by atoms with E-state index in [0.29, 0.717) is 30.2 Å². The number of carbonyl (C=O) groups is 1. The lowest BCUT2D eigenvalue weighted by Gasteiger charge is -2.21. The van der Waals surface area contributed by atoms with Crippen LogP contribution in [0.1, 0.15) is 55.4 Å². The van der Waals surface area contributed by atoms with Gasteiger partial charge in [0, 0.05) is 6.54 Å². The fourth-order valence-electron chi connectivity index (χ4n) is 3.34. The average Bonchev–Trinajstić information content (AvgIpc) is 3.42. The molecule has 2 heterocycles. The Morgan fingerprint density at radius 3 is 2.71 bits per heavy atom. The minimum Gasteiger partial charge on any atom is -0.504 e. The number of rotatable bonds is 12. The minimum absolute atomic E-state index is 0.0228. The number of nitrogens with two attached hydrogens (primary N) is 1. The van der Waals surface area contributed by atoms with E-state index in [1.165, 1.54) is 17.0 Å². The van der Waals surface area contributed by atoms with E-state index in [9.17, 15) is 9.90 Å². The molecule has 182 valence electrons. The maximum absolute atomic E-state index is 12.9. The molecule has 0 aliphatic carbocycles. The molecular weight excluding hydrogens is 442 g/mol. The van der Waals surface area contributed by atoms with Gasteiger partial charge >= 0.3 is 0 Å². The number of anilines is 1. The first-order valence-corrected chi connectivity index (χ1v) is 11.0. The summed E-state index contributed by atoms with van der Waals surface area (Å²) >= 11 is 0. The van der Waals surface area contributed by atoms with Crippen molar-refractivity contribution >= 4 is 17.9 Å². The van der Waals surface area contributed by atoms with Crippen LogP contribution >= 0.6 is 0 Å². The monoisotopic (exact) mass is 471 g/mol. The predicted molar refractivity (Wildman–Crippen MR) is 124 cm³/mol. The highest BCUT2D eigenvalue weighted by atomic mass is 16.6. The Kier molecular flexibility index (Phi) is 8.51. The van der Waals surface area contributed by atoms with Gasteiger partial charge in [-0.25, -0.2) is 10.1 Å². The summed E-state index contributed by atoms with van der Waals surface area (Å²) in [5.41, 5.74) is 9.50. The number of aromatic hydroxyl groups is 1. The first kappa shape index (κ1) is 24.6. The van der Waals surface area contributed by atoms with E-state index in [1.807, 2.05) is 6.92 Å². The van der Waals surface area contributed by atoms with E-state index in [2.05, 4.69) is 49.9 Å². The maximum Gasteiger partial charge on any atom is 0.293 e. The van der Waals surface area contributed by atoms with Crippen molar-refractivity contribution in [2.75, 3.05) is 25.4 Å². The van der Waals surface area contributed by atoms with Crippen LogP contribution in [0.25, 0.3) is 5.82 Å². The number of benzene rings is 1. The molecule has 0 aliphatic rings. The van der Waals surface area contributed by atoms with Gasteiger partial charge in [0.05, 0.1) is 18.5 Å². The van der Waals surface area contributed by atoms with Crippen molar-refractivity contribution in [1.82, 2.24) is 35.6 Å². The van der Waals surface area contributed by atoms with Gasteiger partial charge in [0.2, 0.25) is 11.6 Å². The van der Waals surface area contributed by atoms with Crippen LogP contribution in [0.4, 0.5) is 5.82 Å². The van der Waals surface area contributed by atoms with Crippen molar-refractivity contribution in [2.45, 2.75) is 40.2 Å². The lowest BCUT2D eigenvalue weighted by Crippen LogP contribution is -2.28. The molecule has 0 spiro atoms. The second-order valence-corrected chi connectivity index (χ2v) is 7.41. The van der Waals surface area contributed by atoms with E-state index >= 15 is 0 Å². The van der Waals surface area contributed by atoms with Crippen LogP contribution in [0.15, 0.2) is 27.9 Å². The number of nitrogens with one attached hydrogen (secondary N) is 1. The zero-order valence-corrected chi connectivity index (χ0v) is 19.4. The quantitative estimate of drug-likeness (QED) is 0.261. The number of amides is 1. The lowest BCUT2D eigenvalue weighted by molar-refractivity contribution is 0.0947. The molecule has 34 heavy (non-hydrogen) atoms. The van der Waals surface area contributed by atoms with Gasteiger partial charge in [0.25, 0.3) is 5.91 Å². The fourth-order valence-corrected chi connectivity index (χ4v) is 3.34. The summed E-state index contributed by atoms with van der Waals surface area (Å²) in [6.07, 6.45) is 3.32. The highest BCUT2D eigenvalue weighted by Gasteiger charge is 2.25. The molecule has 1 aromatic carbocycles. The van der Waals surface area contributed by atoms with Crippen LogP contribution in [-0.4, -0.2) is 67.1 Å². The van der Waals surface area contributed by atoms with Crippen molar-refractivity contribution in [3.63, 3.8) is 0 Å². The minimum atomic E-state index is -0.552. The van der Waals surface area contributed by atoms with Crippen molar-refractivity contribution in [3.8, 4) is 17.3 Å². The Labute approximate surface area is 196 Å². The molecule has 13 nitrogen and oxygen atoms in total. The van der Waals surface area contributed by atoms with Crippen molar-refractivity contribution in [1.29, 1.82) is 0 Å². The second kappa shape index (κ2) is 11.7. The highest BCUT2D eigenvalue weighted by Crippen LogP contribution is 2.26. The number of carbonyl (C=O) groups excluding carboxylic acids is 1. The molecule has 0 atom stereocenters. The summed E-state index contributed by atoms with van der Waals surface area (Å²) in [6.45, 7) is 8.43. The topological polar surface area (TPSA) is 170 Å². The Bertz CT molecular complexity index is 1120. The number of hydrogen-bond acceptors (Lipinski definition) is 11. The average molecular weight is 472 g/mol. The molecule has 3 aromatic rings. The van der Waals surface area contributed by atoms with Gasteiger partial charge in [0.1, 0.15) is 0 Å². The first-order chi connectivity index (χ1) is 16.5. The largest absolute Gasteiger partial charge is 0.504 e. The van der Waals surface area contributed by atoms with E-state index < -0.39 is 5.91 Å². The third-order valence-corrected chi connectivity index (χ3v) is 4.79. The van der Waals surface area contributed by atoms with E-state index in [1.54, 1.807) is 12.1 Å². The van der Waals surface area contributed by atoms with Crippen LogP contribution < -0.4 is 15.9 Å². The summed E-state index contributed by atoms with van der Waals surface area (Å²) in [4.78, 5) is 15.1. The second-order valence-electron chi connectivity index (χ2n) is 7.41. The van der Waals surface area contributed by atoms with Crippen LogP contribution in [0.5, 0.6) is 11.5 Å². The van der Waals surface area contributed by atoms with E-state index in [-0.39, 0.29) is 23.1 Å². The SMILES string of the molecule is CCCN(CCC)Cc1c(C(=O)N/N=C\c2ccc(O)c(OCC)c2)nnn1-c1nonc1N. The predicted octanol–water partition coefficient (Wildman–Crippen LogP) is 1.72. The van der Waals surface area contributed by atoms with Gasteiger partial charge in [-0.05, 0) is 66.9 Å². The van der Waals surface area contributed by atoms with Gasteiger partial charge in [-0.3, -0.25) is 9.69 Å². The number of hydrazone groups is 1. The zero-order valence-electron chi connectivity index (χ0n) is 19.4. The number of ether oxygens (including phenoxy) is 1. The van der Waals surface area contributed by atoms with Crippen LogP contribution in [0, 0.1) is 0 Å². The van der Waals surface area contributed by atoms with Crippen molar-refractivity contribution < 1.29 is 19.3 Å². The summed E-state index contributed by atoms with van der Waals surface area (Å²) < 4.78 is 11.4. The number of nitrogens with zero attached hydrogens (tertiary/aromatic N) is 7. The molecule has 4 N–H and O–H groups in total. The zero-order chi connectivity index (χ0) is 24.5. The molecule has 0 unspecified atom stereocenters. The number of nitrogen functional groups attached to an aromatic ring is 1. The van der Waals surface area contributed by atoms with Crippen LogP contribution in [0.2, 0.25) is 0 Å². The molecule has 0 radical (unpaired) electrons. The molecule has 3 rings (SSSR count). The third kappa shape index (κ3) is 5.86. The summed E-state index contributed by atoms with van der Waals surface area (Å²) in [5.74, 6) is -0.00991. The Balaban J connectivity index is 1.84. The van der Waals surface area contributed by atoms with Gasteiger partial charge in [0.15, 0.2) is 17.2 Å². The third-order valence-electron chi connectivity index (χ3n) is 4.79. The molecule has 13 heteroatoms. The smallest absolute Gasteiger partial charge is 0.293 e. The fraction of sp³-hybridized carbons (Fsp3) is 0.429. The van der Waals surface area contributed by atoms with E-state index in [0.717, 1.165) is 25.9 Å². The van der Waals surface area contributed by atoms with Gasteiger partial charge in [-0.15, -0.1) is 5.10 Å². The molecule has 1 amide bonds. The molecule has 0 saturated heterocycles. The number of aromatic nitrogens is 5. The normalized spacial score (nSPS) is 11.4. The standard InChI is InChI=1S/C21H29N9O4/c1-4-9-29(10-5-2)13-15-18(24-28-30(15)20-19(22)26-34-27-20)21(32)25-23-12-14-7-8-16(31)17(11-14)33-6-3/h7-8,11-12,31H,4-6,9-10,13H2,1-3H3,(H2,22,26)(H,25,32)/b23-12-. The summed E-state index contributed by atoms with van der Waals surface area (Å²) in [6, 6.07) is 4.75. The maximum atomic E-state index is 12.9. The van der Waals surface area contributed by atoms with Gasteiger partial charge in [-0.1, -0.05) is 19.1 Å².